The van der Waals surface area contributed by atoms with Crippen LogP contribution in [0.4, 0.5) is 13.2 Å². The fraction of sp³-hybridized carbons (Fsp3) is 0.455. The maximum Gasteiger partial charge on any atom is 0.397 e. The van der Waals surface area contributed by atoms with Gasteiger partial charge in [0.2, 0.25) is 6.79 Å². The Balaban J connectivity index is 1.98. The van der Waals surface area contributed by atoms with Crippen molar-refractivity contribution in [1.82, 2.24) is 0 Å². The van der Waals surface area contributed by atoms with Crippen LogP contribution in [0.15, 0.2) is 18.2 Å². The van der Waals surface area contributed by atoms with Gasteiger partial charge >= 0.3 is 6.18 Å². The molecule has 1 heterocycles. The van der Waals surface area contributed by atoms with E-state index in [1.807, 2.05) is 0 Å². The molecule has 0 aromatic heterocycles. The maximum absolute atomic E-state index is 12.4. The van der Waals surface area contributed by atoms with Gasteiger partial charge < -0.3 is 19.3 Å². The number of hydrogen-bond acceptors (Lipinski definition) is 4. The zero-order valence-electron chi connectivity index (χ0n) is 9.24. The smallest absolute Gasteiger partial charge is 0.397 e. The third-order valence-corrected chi connectivity index (χ3v) is 2.48. The molecule has 0 aliphatic carbocycles. The molecule has 4 nitrogen and oxygen atoms in total. The average Bonchev–Trinajstić information content (AvgIpc) is 2.75. The number of hydrogen-bond donors (Lipinski definition) is 1. The van der Waals surface area contributed by atoms with Crippen LogP contribution in [0.2, 0.25) is 0 Å². The lowest BCUT2D eigenvalue weighted by atomic mass is 10.2. The topological polar surface area (TPSA) is 47.9 Å². The van der Waals surface area contributed by atoms with Crippen LogP contribution >= 0.6 is 0 Å². The Morgan fingerprint density at radius 1 is 1.28 bits per heavy atom. The Labute approximate surface area is 101 Å². The van der Waals surface area contributed by atoms with Gasteiger partial charge in [-0.1, -0.05) is 0 Å². The van der Waals surface area contributed by atoms with Gasteiger partial charge in [0.1, 0.15) is 18.3 Å². The first-order valence-corrected chi connectivity index (χ1v) is 5.20. The molecule has 0 bridgehead atoms. The van der Waals surface area contributed by atoms with Gasteiger partial charge in [-0.25, -0.2) is 0 Å². The van der Waals surface area contributed by atoms with Gasteiger partial charge in [-0.15, -0.1) is 0 Å². The van der Waals surface area contributed by atoms with E-state index in [-0.39, 0.29) is 12.5 Å². The number of fused-ring (bicyclic) bond motifs is 1. The number of rotatable bonds is 4. The molecule has 18 heavy (non-hydrogen) atoms. The van der Waals surface area contributed by atoms with E-state index < -0.39 is 25.3 Å². The average molecular weight is 264 g/mol. The van der Waals surface area contributed by atoms with Gasteiger partial charge in [0, 0.05) is 6.07 Å². The molecule has 0 radical (unpaired) electrons. The Bertz CT molecular complexity index is 419. The molecule has 2 rings (SSSR count). The number of alkyl halides is 3. The number of benzene rings is 1. The largest absolute Gasteiger partial charge is 0.493 e. The van der Waals surface area contributed by atoms with E-state index in [9.17, 15) is 13.2 Å². The minimum atomic E-state index is -4.48. The number of aliphatic hydroxyl groups excluding tert-OH is 1. The van der Waals surface area contributed by atoms with E-state index in [0.29, 0.717) is 11.5 Å². The number of ether oxygens (including phenoxy) is 3. The predicted octanol–water partition coefficient (Wildman–Crippen LogP) is 1.96. The van der Waals surface area contributed by atoms with E-state index in [1.165, 1.54) is 12.1 Å². The lowest BCUT2D eigenvalue weighted by Crippen LogP contribution is -2.31. The summed E-state index contributed by atoms with van der Waals surface area (Å²) in [4.78, 5) is 0. The van der Waals surface area contributed by atoms with Crippen molar-refractivity contribution in [2.75, 3.05) is 20.0 Å². The molecule has 1 aromatic rings. The molecule has 1 unspecified atom stereocenters. The van der Waals surface area contributed by atoms with Gasteiger partial charge in [0.15, 0.2) is 11.5 Å². The summed E-state index contributed by atoms with van der Waals surface area (Å²) in [7, 11) is 0. The highest BCUT2D eigenvalue weighted by molar-refractivity contribution is 5.46. The Hall–Kier alpha value is -1.63. The lowest BCUT2D eigenvalue weighted by molar-refractivity contribution is -0.190. The lowest BCUT2D eigenvalue weighted by Gasteiger charge is -2.18. The van der Waals surface area contributed by atoms with Crippen molar-refractivity contribution >= 4 is 0 Å². The number of halogens is 3. The summed E-state index contributed by atoms with van der Waals surface area (Å²) < 4.78 is 52.2. The zero-order chi connectivity index (χ0) is 13.2. The highest BCUT2D eigenvalue weighted by atomic mass is 19.4. The summed E-state index contributed by atoms with van der Waals surface area (Å²) in [5.74, 6) is -0.707. The Morgan fingerprint density at radius 3 is 2.67 bits per heavy atom. The van der Waals surface area contributed by atoms with Crippen molar-refractivity contribution in [3.05, 3.63) is 18.2 Å². The summed E-state index contributed by atoms with van der Waals surface area (Å²) in [5.41, 5.74) is 0. The molecule has 1 atom stereocenters. The molecule has 1 aromatic carbocycles. The number of aliphatic hydroxyl groups is 1. The standard InChI is InChI=1S/C11H11F3O4/c12-11(13,14)7(4-15)5-16-8-1-2-9-10(3-8)18-6-17-9/h1-3,7,15H,4-6H2. The minimum absolute atomic E-state index is 0.0839. The van der Waals surface area contributed by atoms with Gasteiger partial charge in [-0.3, -0.25) is 0 Å². The molecule has 100 valence electrons. The molecule has 0 saturated carbocycles. The molecule has 1 N–H and O–H groups in total. The normalized spacial score (nSPS) is 15.6. The van der Waals surface area contributed by atoms with Crippen molar-refractivity contribution in [2.24, 2.45) is 5.92 Å². The van der Waals surface area contributed by atoms with Crippen molar-refractivity contribution in [2.45, 2.75) is 6.18 Å². The molecule has 7 heteroatoms. The first kappa shape index (κ1) is 12.8. The molecule has 0 fully saturated rings. The highest BCUT2D eigenvalue weighted by Crippen LogP contribution is 2.35. The van der Waals surface area contributed by atoms with Crippen LogP contribution < -0.4 is 14.2 Å². The first-order chi connectivity index (χ1) is 8.50. The van der Waals surface area contributed by atoms with Crippen LogP contribution in [-0.2, 0) is 0 Å². The monoisotopic (exact) mass is 264 g/mol. The summed E-state index contributed by atoms with van der Waals surface area (Å²) in [6, 6.07) is 4.49. The minimum Gasteiger partial charge on any atom is -0.493 e. The van der Waals surface area contributed by atoms with E-state index in [0.717, 1.165) is 0 Å². The summed E-state index contributed by atoms with van der Waals surface area (Å²) in [5, 5.41) is 8.65. The quantitative estimate of drug-likeness (QED) is 0.903. The van der Waals surface area contributed by atoms with E-state index in [1.54, 1.807) is 6.07 Å². The Morgan fingerprint density at radius 2 is 2.00 bits per heavy atom. The van der Waals surface area contributed by atoms with Gasteiger partial charge in [-0.05, 0) is 12.1 Å². The third kappa shape index (κ3) is 2.79. The first-order valence-electron chi connectivity index (χ1n) is 5.20. The highest BCUT2D eigenvalue weighted by Gasteiger charge is 2.39. The van der Waals surface area contributed by atoms with Gasteiger partial charge in [-0.2, -0.15) is 13.2 Å². The van der Waals surface area contributed by atoms with Crippen LogP contribution in [0.1, 0.15) is 0 Å². The second-order valence-electron chi connectivity index (χ2n) is 3.75. The fourth-order valence-electron chi connectivity index (χ4n) is 1.41. The van der Waals surface area contributed by atoms with Crippen LogP contribution in [0, 0.1) is 5.92 Å². The Kier molecular flexibility index (Phi) is 3.51. The zero-order valence-corrected chi connectivity index (χ0v) is 9.24. The van der Waals surface area contributed by atoms with Crippen molar-refractivity contribution < 1.29 is 32.5 Å². The second-order valence-corrected chi connectivity index (χ2v) is 3.75. The molecular formula is C11H11F3O4. The van der Waals surface area contributed by atoms with Crippen LogP contribution in [-0.4, -0.2) is 31.3 Å². The summed E-state index contributed by atoms with van der Waals surface area (Å²) in [6.45, 7) is -1.56. The van der Waals surface area contributed by atoms with Gasteiger partial charge in [0.25, 0.3) is 0 Å². The van der Waals surface area contributed by atoms with Crippen LogP contribution in [0.25, 0.3) is 0 Å². The SMILES string of the molecule is OCC(COc1ccc2c(c1)OCO2)C(F)(F)F. The van der Waals surface area contributed by atoms with E-state index in [2.05, 4.69) is 0 Å². The van der Waals surface area contributed by atoms with Crippen LogP contribution in [0.3, 0.4) is 0 Å². The van der Waals surface area contributed by atoms with Crippen molar-refractivity contribution in [3.63, 3.8) is 0 Å². The molecule has 0 spiro atoms. The molecule has 1 aliphatic heterocycles. The molecule has 0 amide bonds. The maximum atomic E-state index is 12.4. The molecular weight excluding hydrogens is 253 g/mol. The van der Waals surface area contributed by atoms with Crippen molar-refractivity contribution in [1.29, 1.82) is 0 Å². The van der Waals surface area contributed by atoms with Gasteiger partial charge in [0.05, 0.1) is 6.61 Å². The fourth-order valence-corrected chi connectivity index (χ4v) is 1.41. The van der Waals surface area contributed by atoms with Crippen LogP contribution in [0.5, 0.6) is 17.2 Å². The van der Waals surface area contributed by atoms with E-state index in [4.69, 9.17) is 19.3 Å². The second kappa shape index (κ2) is 4.93. The van der Waals surface area contributed by atoms with Crippen molar-refractivity contribution in [3.8, 4) is 17.2 Å². The third-order valence-electron chi connectivity index (χ3n) is 2.48. The molecule has 1 aliphatic rings. The molecule has 0 saturated heterocycles. The summed E-state index contributed by atoms with van der Waals surface area (Å²) >= 11 is 0. The van der Waals surface area contributed by atoms with E-state index >= 15 is 0 Å². The predicted molar refractivity (Wildman–Crippen MR) is 54.7 cm³/mol. The summed E-state index contributed by atoms with van der Waals surface area (Å²) in [6.07, 6.45) is -4.48.